The highest BCUT2D eigenvalue weighted by Gasteiger charge is 2.14. The van der Waals surface area contributed by atoms with Crippen LogP contribution in [0.5, 0.6) is 0 Å². The van der Waals surface area contributed by atoms with Gasteiger partial charge in [0.1, 0.15) is 0 Å². The van der Waals surface area contributed by atoms with E-state index in [9.17, 15) is 4.79 Å². The van der Waals surface area contributed by atoms with Crippen LogP contribution in [-0.2, 0) is 6.54 Å². The minimum atomic E-state index is -0.122. The van der Waals surface area contributed by atoms with Crippen LogP contribution < -0.4 is 5.32 Å². The largest absolute Gasteiger partial charge is 0.348 e. The molecule has 1 amide bonds. The Balaban J connectivity index is 1.71. The van der Waals surface area contributed by atoms with E-state index in [0.29, 0.717) is 17.1 Å². The number of carbonyl (C=O) groups is 1. The number of benzene rings is 3. The van der Waals surface area contributed by atoms with Gasteiger partial charge >= 0.3 is 0 Å². The second kappa shape index (κ2) is 7.83. The third-order valence-corrected chi connectivity index (χ3v) is 5.00. The average molecular weight is 387 g/mol. The molecule has 1 aromatic heterocycles. The SMILES string of the molecule is Cc1ccccc1-c1cc(C(=O)NCc2ccc(Cl)cc2)c2ccccc2n1. The lowest BCUT2D eigenvalue weighted by atomic mass is 10.0. The van der Waals surface area contributed by atoms with E-state index >= 15 is 0 Å². The summed E-state index contributed by atoms with van der Waals surface area (Å²) in [7, 11) is 0. The minimum absolute atomic E-state index is 0.122. The fourth-order valence-corrected chi connectivity index (χ4v) is 3.37. The first-order valence-corrected chi connectivity index (χ1v) is 9.48. The fraction of sp³-hybridized carbons (Fsp3) is 0.0833. The van der Waals surface area contributed by atoms with Gasteiger partial charge < -0.3 is 5.32 Å². The summed E-state index contributed by atoms with van der Waals surface area (Å²) in [5.74, 6) is -0.122. The maximum atomic E-state index is 13.0. The molecule has 4 heteroatoms. The maximum Gasteiger partial charge on any atom is 0.252 e. The summed E-state index contributed by atoms with van der Waals surface area (Å²) in [6.07, 6.45) is 0. The van der Waals surface area contributed by atoms with Crippen molar-refractivity contribution in [3.05, 3.63) is 101 Å². The molecule has 0 fully saturated rings. The molecule has 4 aromatic rings. The van der Waals surface area contributed by atoms with Gasteiger partial charge in [-0.3, -0.25) is 4.79 Å². The molecule has 0 spiro atoms. The molecule has 0 saturated carbocycles. The second-order valence-corrected chi connectivity index (χ2v) is 7.13. The van der Waals surface area contributed by atoms with E-state index < -0.39 is 0 Å². The monoisotopic (exact) mass is 386 g/mol. The van der Waals surface area contributed by atoms with Gasteiger partial charge in [-0.2, -0.15) is 0 Å². The van der Waals surface area contributed by atoms with E-state index in [4.69, 9.17) is 16.6 Å². The number of aryl methyl sites for hydroxylation is 1. The van der Waals surface area contributed by atoms with Crippen LogP contribution in [0.4, 0.5) is 0 Å². The van der Waals surface area contributed by atoms with Crippen LogP contribution in [0.25, 0.3) is 22.2 Å². The van der Waals surface area contributed by atoms with Gasteiger partial charge in [0.25, 0.3) is 5.91 Å². The third-order valence-electron chi connectivity index (χ3n) is 4.75. The molecule has 0 saturated heterocycles. The average Bonchev–Trinajstić information content (AvgIpc) is 2.72. The molecule has 1 heterocycles. The van der Waals surface area contributed by atoms with Gasteiger partial charge in [0.05, 0.1) is 16.8 Å². The Labute approximate surface area is 169 Å². The molecule has 3 nitrogen and oxygen atoms in total. The van der Waals surface area contributed by atoms with E-state index in [1.807, 2.05) is 85.8 Å². The fourth-order valence-electron chi connectivity index (χ4n) is 3.24. The Morgan fingerprint density at radius 2 is 1.68 bits per heavy atom. The molecule has 0 unspecified atom stereocenters. The molecule has 1 N–H and O–H groups in total. The van der Waals surface area contributed by atoms with Crippen molar-refractivity contribution in [1.82, 2.24) is 10.3 Å². The van der Waals surface area contributed by atoms with Crippen molar-refractivity contribution in [3.63, 3.8) is 0 Å². The van der Waals surface area contributed by atoms with E-state index in [1.54, 1.807) is 0 Å². The van der Waals surface area contributed by atoms with Gasteiger partial charge in [0.2, 0.25) is 0 Å². The van der Waals surface area contributed by atoms with Crippen molar-refractivity contribution in [3.8, 4) is 11.3 Å². The number of pyridine rings is 1. The minimum Gasteiger partial charge on any atom is -0.348 e. The Kier molecular flexibility index (Phi) is 5.09. The molecule has 0 aliphatic heterocycles. The van der Waals surface area contributed by atoms with E-state index in [2.05, 4.69) is 5.32 Å². The molecule has 28 heavy (non-hydrogen) atoms. The Bertz CT molecular complexity index is 1150. The first kappa shape index (κ1) is 18.2. The van der Waals surface area contributed by atoms with Gasteiger partial charge in [-0.05, 0) is 42.3 Å². The number of aromatic nitrogens is 1. The standard InChI is InChI=1S/C24H19ClN2O/c1-16-6-2-3-7-19(16)23-14-21(20-8-4-5-9-22(20)27-23)24(28)26-15-17-10-12-18(25)13-11-17/h2-14H,15H2,1H3,(H,26,28). The van der Waals surface area contributed by atoms with Crippen LogP contribution in [0.2, 0.25) is 5.02 Å². The van der Waals surface area contributed by atoms with Crippen molar-refractivity contribution in [2.45, 2.75) is 13.5 Å². The zero-order chi connectivity index (χ0) is 19.5. The van der Waals surface area contributed by atoms with E-state index in [-0.39, 0.29) is 5.91 Å². The molecule has 0 atom stereocenters. The van der Waals surface area contributed by atoms with Crippen LogP contribution in [0.1, 0.15) is 21.5 Å². The summed E-state index contributed by atoms with van der Waals surface area (Å²) in [6, 6.07) is 25.1. The predicted molar refractivity (Wildman–Crippen MR) is 115 cm³/mol. The highest BCUT2D eigenvalue weighted by atomic mass is 35.5. The maximum absolute atomic E-state index is 13.0. The Morgan fingerprint density at radius 3 is 2.46 bits per heavy atom. The van der Waals surface area contributed by atoms with Crippen molar-refractivity contribution in [1.29, 1.82) is 0 Å². The number of nitrogens with one attached hydrogen (secondary N) is 1. The zero-order valence-corrected chi connectivity index (χ0v) is 16.2. The van der Waals surface area contributed by atoms with Crippen LogP contribution in [0, 0.1) is 6.92 Å². The molecule has 4 rings (SSSR count). The smallest absolute Gasteiger partial charge is 0.252 e. The lowest BCUT2D eigenvalue weighted by Gasteiger charge is -2.12. The topological polar surface area (TPSA) is 42.0 Å². The molecular formula is C24H19ClN2O. The number of carbonyl (C=O) groups excluding carboxylic acids is 1. The zero-order valence-electron chi connectivity index (χ0n) is 15.4. The van der Waals surface area contributed by atoms with Gasteiger partial charge in [-0.25, -0.2) is 4.98 Å². The summed E-state index contributed by atoms with van der Waals surface area (Å²) in [6.45, 7) is 2.48. The molecule has 0 aliphatic carbocycles. The van der Waals surface area contributed by atoms with Gasteiger partial charge in [0.15, 0.2) is 0 Å². The molecule has 0 bridgehead atoms. The quantitative estimate of drug-likeness (QED) is 0.482. The van der Waals surface area contributed by atoms with Gasteiger partial charge in [-0.15, -0.1) is 0 Å². The summed E-state index contributed by atoms with van der Waals surface area (Å²) in [5.41, 5.74) is 5.37. The number of fused-ring (bicyclic) bond motifs is 1. The number of para-hydroxylation sites is 1. The van der Waals surface area contributed by atoms with Crippen molar-refractivity contribution >= 4 is 28.4 Å². The predicted octanol–water partition coefficient (Wildman–Crippen LogP) is 5.79. The highest BCUT2D eigenvalue weighted by molar-refractivity contribution is 6.30. The molecule has 138 valence electrons. The van der Waals surface area contributed by atoms with Crippen LogP contribution in [0.15, 0.2) is 78.9 Å². The molecule has 3 aromatic carbocycles. The number of nitrogens with zero attached hydrogens (tertiary/aromatic N) is 1. The third kappa shape index (κ3) is 3.75. The molecule has 0 radical (unpaired) electrons. The summed E-state index contributed by atoms with van der Waals surface area (Å²) in [5, 5.41) is 4.53. The number of hydrogen-bond acceptors (Lipinski definition) is 2. The number of halogens is 1. The molecule has 0 aliphatic rings. The van der Waals surface area contributed by atoms with E-state index in [0.717, 1.165) is 33.3 Å². The highest BCUT2D eigenvalue weighted by Crippen LogP contribution is 2.27. The lowest BCUT2D eigenvalue weighted by molar-refractivity contribution is 0.0952. The van der Waals surface area contributed by atoms with Crippen LogP contribution in [-0.4, -0.2) is 10.9 Å². The van der Waals surface area contributed by atoms with E-state index in [1.165, 1.54) is 0 Å². The van der Waals surface area contributed by atoms with Crippen molar-refractivity contribution in [2.24, 2.45) is 0 Å². The first-order valence-electron chi connectivity index (χ1n) is 9.10. The Morgan fingerprint density at radius 1 is 0.964 bits per heavy atom. The van der Waals surface area contributed by atoms with Crippen molar-refractivity contribution < 1.29 is 4.79 Å². The van der Waals surface area contributed by atoms with Crippen LogP contribution in [0.3, 0.4) is 0 Å². The Hall–Kier alpha value is -3.17. The van der Waals surface area contributed by atoms with Gasteiger partial charge in [0, 0.05) is 22.5 Å². The number of hydrogen-bond donors (Lipinski definition) is 1. The normalized spacial score (nSPS) is 10.8. The first-order chi connectivity index (χ1) is 13.6. The van der Waals surface area contributed by atoms with Gasteiger partial charge in [-0.1, -0.05) is 66.2 Å². The number of amides is 1. The number of rotatable bonds is 4. The molecular weight excluding hydrogens is 368 g/mol. The summed E-state index contributed by atoms with van der Waals surface area (Å²) < 4.78 is 0. The lowest BCUT2D eigenvalue weighted by Crippen LogP contribution is -2.23. The second-order valence-electron chi connectivity index (χ2n) is 6.70. The van der Waals surface area contributed by atoms with Crippen molar-refractivity contribution in [2.75, 3.05) is 0 Å². The summed E-state index contributed by atoms with van der Waals surface area (Å²) in [4.78, 5) is 17.8. The van der Waals surface area contributed by atoms with Crippen LogP contribution >= 0.6 is 11.6 Å². The summed E-state index contributed by atoms with van der Waals surface area (Å²) >= 11 is 5.93.